The molecular formula is C13H18N4O2S. The van der Waals surface area contributed by atoms with Crippen LogP contribution in [0.4, 0.5) is 0 Å². The fourth-order valence-corrected chi connectivity index (χ4v) is 2.62. The third-order valence-electron chi connectivity index (χ3n) is 2.88. The molecule has 0 aliphatic heterocycles. The molecule has 108 valence electrons. The SMILES string of the molecule is COCCn1cnnc1C(C)NC(=O)c1ccc(C)s1. The molecular weight excluding hydrogens is 276 g/mol. The molecule has 1 atom stereocenters. The van der Waals surface area contributed by atoms with Crippen molar-refractivity contribution in [1.29, 1.82) is 0 Å². The van der Waals surface area contributed by atoms with E-state index in [4.69, 9.17) is 4.74 Å². The van der Waals surface area contributed by atoms with Gasteiger partial charge in [-0.15, -0.1) is 21.5 Å². The summed E-state index contributed by atoms with van der Waals surface area (Å²) in [6, 6.07) is 3.56. The first-order chi connectivity index (χ1) is 9.61. The van der Waals surface area contributed by atoms with Crippen LogP contribution in [-0.4, -0.2) is 34.4 Å². The van der Waals surface area contributed by atoms with Crippen LogP contribution >= 0.6 is 11.3 Å². The first-order valence-corrected chi connectivity index (χ1v) is 7.17. The van der Waals surface area contributed by atoms with E-state index in [9.17, 15) is 4.79 Å². The molecule has 0 radical (unpaired) electrons. The number of nitrogens with zero attached hydrogens (tertiary/aromatic N) is 3. The van der Waals surface area contributed by atoms with E-state index in [1.807, 2.05) is 30.5 Å². The molecule has 20 heavy (non-hydrogen) atoms. The largest absolute Gasteiger partial charge is 0.383 e. The number of carbonyl (C=O) groups is 1. The van der Waals surface area contributed by atoms with E-state index in [0.29, 0.717) is 18.0 Å². The van der Waals surface area contributed by atoms with Gasteiger partial charge in [0.1, 0.15) is 6.33 Å². The molecule has 0 fully saturated rings. The molecule has 0 spiro atoms. The van der Waals surface area contributed by atoms with Crippen molar-refractivity contribution in [1.82, 2.24) is 20.1 Å². The highest BCUT2D eigenvalue weighted by molar-refractivity contribution is 7.13. The number of aryl methyl sites for hydroxylation is 1. The van der Waals surface area contributed by atoms with E-state index in [2.05, 4.69) is 15.5 Å². The van der Waals surface area contributed by atoms with E-state index < -0.39 is 0 Å². The molecule has 0 aromatic carbocycles. The summed E-state index contributed by atoms with van der Waals surface area (Å²) in [7, 11) is 1.65. The lowest BCUT2D eigenvalue weighted by Gasteiger charge is -2.14. The van der Waals surface area contributed by atoms with Crippen LogP contribution in [0.1, 0.15) is 33.3 Å². The summed E-state index contributed by atoms with van der Waals surface area (Å²) < 4.78 is 6.92. The predicted octanol–water partition coefficient (Wildman–Crippen LogP) is 1.79. The number of thiophene rings is 1. The zero-order valence-electron chi connectivity index (χ0n) is 11.8. The van der Waals surface area contributed by atoms with Gasteiger partial charge < -0.3 is 14.6 Å². The number of hydrogen-bond acceptors (Lipinski definition) is 5. The van der Waals surface area contributed by atoms with Crippen LogP contribution in [0, 0.1) is 6.92 Å². The molecule has 6 nitrogen and oxygen atoms in total. The molecule has 0 aliphatic rings. The minimum atomic E-state index is -0.204. The van der Waals surface area contributed by atoms with Crippen molar-refractivity contribution in [3.05, 3.63) is 34.0 Å². The summed E-state index contributed by atoms with van der Waals surface area (Å²) in [5, 5.41) is 10.9. The molecule has 2 aromatic rings. The smallest absolute Gasteiger partial charge is 0.261 e. The Kier molecular flexibility index (Phi) is 4.86. The highest BCUT2D eigenvalue weighted by atomic mass is 32.1. The minimum absolute atomic E-state index is 0.0862. The standard InChI is InChI=1S/C13H18N4O2S/c1-9-4-5-11(20-9)13(18)15-10(2)12-16-14-8-17(12)6-7-19-3/h4-5,8,10H,6-7H2,1-3H3,(H,15,18). The van der Waals surface area contributed by atoms with Crippen molar-refractivity contribution in [3.8, 4) is 0 Å². The average Bonchev–Trinajstić information content (AvgIpc) is 3.04. The van der Waals surface area contributed by atoms with Gasteiger partial charge in [0, 0.05) is 18.5 Å². The van der Waals surface area contributed by atoms with Gasteiger partial charge in [0.25, 0.3) is 5.91 Å². The Hall–Kier alpha value is -1.73. The first-order valence-electron chi connectivity index (χ1n) is 6.35. The van der Waals surface area contributed by atoms with Gasteiger partial charge in [0.05, 0.1) is 17.5 Å². The van der Waals surface area contributed by atoms with E-state index in [1.54, 1.807) is 13.4 Å². The maximum atomic E-state index is 12.1. The lowest BCUT2D eigenvalue weighted by Crippen LogP contribution is -2.28. The van der Waals surface area contributed by atoms with Crippen LogP contribution in [0.15, 0.2) is 18.5 Å². The Labute approximate surface area is 121 Å². The zero-order valence-corrected chi connectivity index (χ0v) is 12.6. The molecule has 0 aliphatic carbocycles. The second-order valence-electron chi connectivity index (χ2n) is 4.48. The van der Waals surface area contributed by atoms with Crippen LogP contribution in [0.5, 0.6) is 0 Å². The van der Waals surface area contributed by atoms with Crippen LogP contribution in [0.2, 0.25) is 0 Å². The van der Waals surface area contributed by atoms with Gasteiger partial charge in [0.15, 0.2) is 5.82 Å². The van der Waals surface area contributed by atoms with Crippen molar-refractivity contribution in [2.45, 2.75) is 26.4 Å². The van der Waals surface area contributed by atoms with E-state index in [0.717, 1.165) is 10.7 Å². The molecule has 1 N–H and O–H groups in total. The highest BCUT2D eigenvalue weighted by Gasteiger charge is 2.17. The lowest BCUT2D eigenvalue weighted by molar-refractivity contribution is 0.0941. The van der Waals surface area contributed by atoms with E-state index >= 15 is 0 Å². The number of amides is 1. The fourth-order valence-electron chi connectivity index (χ4n) is 1.85. The topological polar surface area (TPSA) is 69.0 Å². The third-order valence-corrected chi connectivity index (χ3v) is 3.88. The summed E-state index contributed by atoms with van der Waals surface area (Å²) >= 11 is 1.48. The molecule has 2 aromatic heterocycles. The molecule has 2 heterocycles. The summed E-state index contributed by atoms with van der Waals surface area (Å²) in [6.07, 6.45) is 1.65. The second kappa shape index (κ2) is 6.62. The van der Waals surface area contributed by atoms with Crippen LogP contribution < -0.4 is 5.32 Å². The Balaban J connectivity index is 2.02. The van der Waals surface area contributed by atoms with E-state index in [1.165, 1.54) is 11.3 Å². The highest BCUT2D eigenvalue weighted by Crippen LogP contribution is 2.16. The summed E-state index contributed by atoms with van der Waals surface area (Å²) in [6.45, 7) is 5.12. The Morgan fingerprint density at radius 1 is 1.55 bits per heavy atom. The van der Waals surface area contributed by atoms with Gasteiger partial charge in [-0.1, -0.05) is 0 Å². The molecule has 1 amide bonds. The van der Waals surface area contributed by atoms with Gasteiger partial charge in [0.2, 0.25) is 0 Å². The molecule has 1 unspecified atom stereocenters. The predicted molar refractivity (Wildman–Crippen MR) is 76.8 cm³/mol. The number of carbonyl (C=O) groups excluding carboxylic acids is 1. The Morgan fingerprint density at radius 3 is 3.00 bits per heavy atom. The zero-order chi connectivity index (χ0) is 14.5. The van der Waals surface area contributed by atoms with Crippen LogP contribution in [-0.2, 0) is 11.3 Å². The number of rotatable bonds is 6. The Morgan fingerprint density at radius 2 is 2.35 bits per heavy atom. The van der Waals surface area contributed by atoms with Crippen molar-refractivity contribution in [2.75, 3.05) is 13.7 Å². The lowest BCUT2D eigenvalue weighted by atomic mass is 10.3. The summed E-state index contributed by atoms with van der Waals surface area (Å²) in [5.41, 5.74) is 0. The normalized spacial score (nSPS) is 12.3. The molecule has 2 rings (SSSR count). The van der Waals surface area contributed by atoms with Gasteiger partial charge in [-0.3, -0.25) is 4.79 Å². The van der Waals surface area contributed by atoms with Gasteiger partial charge in [-0.2, -0.15) is 0 Å². The monoisotopic (exact) mass is 294 g/mol. The van der Waals surface area contributed by atoms with Crippen LogP contribution in [0.3, 0.4) is 0 Å². The molecule has 0 bridgehead atoms. The summed E-state index contributed by atoms with van der Waals surface area (Å²) in [4.78, 5) is 13.9. The maximum absolute atomic E-state index is 12.1. The first kappa shape index (κ1) is 14.7. The number of ether oxygens (including phenoxy) is 1. The van der Waals surface area contributed by atoms with Crippen molar-refractivity contribution >= 4 is 17.2 Å². The van der Waals surface area contributed by atoms with Crippen molar-refractivity contribution in [2.24, 2.45) is 0 Å². The third kappa shape index (κ3) is 3.43. The second-order valence-corrected chi connectivity index (χ2v) is 5.77. The van der Waals surface area contributed by atoms with Crippen molar-refractivity contribution < 1.29 is 9.53 Å². The quantitative estimate of drug-likeness (QED) is 0.882. The number of methoxy groups -OCH3 is 1. The van der Waals surface area contributed by atoms with E-state index in [-0.39, 0.29) is 11.9 Å². The minimum Gasteiger partial charge on any atom is -0.383 e. The van der Waals surface area contributed by atoms with Gasteiger partial charge in [-0.05, 0) is 26.0 Å². The van der Waals surface area contributed by atoms with Crippen molar-refractivity contribution in [3.63, 3.8) is 0 Å². The summed E-state index contributed by atoms with van der Waals surface area (Å²) in [5.74, 6) is 0.639. The molecule has 0 saturated heterocycles. The number of nitrogens with one attached hydrogen (secondary N) is 1. The molecule has 0 saturated carbocycles. The number of hydrogen-bond donors (Lipinski definition) is 1. The fraction of sp³-hybridized carbons (Fsp3) is 0.462. The molecule has 7 heteroatoms. The Bertz CT molecular complexity index is 578. The maximum Gasteiger partial charge on any atom is 0.261 e. The van der Waals surface area contributed by atoms with Gasteiger partial charge in [-0.25, -0.2) is 0 Å². The van der Waals surface area contributed by atoms with Crippen LogP contribution in [0.25, 0.3) is 0 Å². The average molecular weight is 294 g/mol. The van der Waals surface area contributed by atoms with Gasteiger partial charge >= 0.3 is 0 Å². The number of aromatic nitrogens is 3.